The number of nitrogens with one attached hydrogen (secondary N) is 1. The molecule has 1 N–H and O–H groups in total. The highest BCUT2D eigenvalue weighted by molar-refractivity contribution is 5.93. The Morgan fingerprint density at radius 2 is 2.00 bits per heavy atom. The SMILES string of the molecule is CN(C)CCCCNc1c2c(nc3ccccc13)CCC2. The summed E-state index contributed by atoms with van der Waals surface area (Å²) in [5.41, 5.74) is 5.25. The van der Waals surface area contributed by atoms with Gasteiger partial charge in [-0.15, -0.1) is 0 Å². The molecule has 1 aromatic heterocycles. The molecular formula is C18H25N3. The molecule has 3 rings (SSSR count). The van der Waals surface area contributed by atoms with Crippen LogP contribution in [0.4, 0.5) is 5.69 Å². The van der Waals surface area contributed by atoms with E-state index in [0.717, 1.165) is 25.0 Å². The average Bonchev–Trinajstić information content (AvgIpc) is 2.93. The van der Waals surface area contributed by atoms with E-state index in [1.54, 1.807) is 0 Å². The van der Waals surface area contributed by atoms with Crippen molar-refractivity contribution < 1.29 is 0 Å². The second-order valence-electron chi connectivity index (χ2n) is 6.22. The van der Waals surface area contributed by atoms with Gasteiger partial charge in [0.25, 0.3) is 0 Å². The van der Waals surface area contributed by atoms with Gasteiger partial charge in [-0.25, -0.2) is 0 Å². The van der Waals surface area contributed by atoms with Crippen molar-refractivity contribution in [1.29, 1.82) is 0 Å². The Kier molecular flexibility index (Phi) is 4.39. The Hall–Kier alpha value is -1.61. The molecule has 3 heteroatoms. The first-order chi connectivity index (χ1) is 10.3. The molecule has 0 aliphatic heterocycles. The van der Waals surface area contributed by atoms with Crippen molar-refractivity contribution >= 4 is 16.6 Å². The number of fused-ring (bicyclic) bond motifs is 2. The maximum atomic E-state index is 4.84. The first-order valence-electron chi connectivity index (χ1n) is 8.05. The summed E-state index contributed by atoms with van der Waals surface area (Å²) in [4.78, 5) is 7.09. The minimum absolute atomic E-state index is 1.05. The molecule has 1 heterocycles. The van der Waals surface area contributed by atoms with Crippen LogP contribution in [0.5, 0.6) is 0 Å². The van der Waals surface area contributed by atoms with Gasteiger partial charge in [-0.3, -0.25) is 4.98 Å². The number of aromatic nitrogens is 1. The lowest BCUT2D eigenvalue weighted by molar-refractivity contribution is 0.396. The zero-order valence-corrected chi connectivity index (χ0v) is 13.2. The van der Waals surface area contributed by atoms with Crippen molar-refractivity contribution in [2.75, 3.05) is 32.5 Å². The molecule has 1 aliphatic carbocycles. The van der Waals surface area contributed by atoms with E-state index in [-0.39, 0.29) is 0 Å². The van der Waals surface area contributed by atoms with Crippen molar-refractivity contribution in [2.45, 2.75) is 32.1 Å². The molecule has 0 amide bonds. The number of pyridine rings is 1. The van der Waals surface area contributed by atoms with Crippen LogP contribution >= 0.6 is 0 Å². The first-order valence-corrected chi connectivity index (χ1v) is 8.05. The third-order valence-corrected chi connectivity index (χ3v) is 4.25. The second-order valence-corrected chi connectivity index (χ2v) is 6.22. The fourth-order valence-corrected chi connectivity index (χ4v) is 3.18. The van der Waals surface area contributed by atoms with Crippen LogP contribution < -0.4 is 5.32 Å². The second kappa shape index (κ2) is 6.44. The third-order valence-electron chi connectivity index (χ3n) is 4.25. The Morgan fingerprint density at radius 1 is 1.14 bits per heavy atom. The van der Waals surface area contributed by atoms with Gasteiger partial charge in [-0.2, -0.15) is 0 Å². The van der Waals surface area contributed by atoms with Crippen LogP contribution in [0.2, 0.25) is 0 Å². The van der Waals surface area contributed by atoms with Crippen LogP contribution in [0, 0.1) is 0 Å². The number of anilines is 1. The van der Waals surface area contributed by atoms with E-state index in [0.29, 0.717) is 0 Å². The van der Waals surface area contributed by atoms with Crippen molar-refractivity contribution in [1.82, 2.24) is 9.88 Å². The monoisotopic (exact) mass is 283 g/mol. The fourth-order valence-electron chi connectivity index (χ4n) is 3.18. The number of unbranched alkanes of at least 4 members (excludes halogenated alkanes) is 1. The molecule has 0 radical (unpaired) electrons. The maximum absolute atomic E-state index is 4.84. The van der Waals surface area contributed by atoms with Crippen LogP contribution in [-0.4, -0.2) is 37.1 Å². The van der Waals surface area contributed by atoms with Crippen LogP contribution in [-0.2, 0) is 12.8 Å². The zero-order chi connectivity index (χ0) is 14.7. The lowest BCUT2D eigenvalue weighted by Crippen LogP contribution is -2.14. The summed E-state index contributed by atoms with van der Waals surface area (Å²) in [6.07, 6.45) is 6.01. The molecule has 1 aromatic carbocycles. The largest absolute Gasteiger partial charge is 0.384 e. The third kappa shape index (κ3) is 3.18. The van der Waals surface area contributed by atoms with Gasteiger partial charge >= 0.3 is 0 Å². The lowest BCUT2D eigenvalue weighted by Gasteiger charge is -2.15. The molecule has 21 heavy (non-hydrogen) atoms. The van der Waals surface area contributed by atoms with Gasteiger partial charge in [-0.05, 0) is 64.4 Å². The smallest absolute Gasteiger partial charge is 0.0726 e. The molecule has 0 atom stereocenters. The number of aryl methyl sites for hydroxylation is 1. The molecule has 112 valence electrons. The average molecular weight is 283 g/mol. The van der Waals surface area contributed by atoms with Gasteiger partial charge in [0.1, 0.15) is 0 Å². The zero-order valence-electron chi connectivity index (χ0n) is 13.2. The number of benzene rings is 1. The summed E-state index contributed by atoms with van der Waals surface area (Å²) in [7, 11) is 4.27. The standard InChI is InChI=1S/C18H25N3/c1-21(2)13-6-5-12-19-18-14-8-3-4-10-16(14)20-17-11-7-9-15(17)18/h3-4,8,10H,5-7,9,11-13H2,1-2H3,(H,19,20). The Labute approximate surface area is 127 Å². The molecule has 0 saturated heterocycles. The summed E-state index contributed by atoms with van der Waals surface area (Å²) in [6.45, 7) is 2.21. The van der Waals surface area contributed by atoms with Crippen LogP contribution in [0.25, 0.3) is 10.9 Å². The van der Waals surface area contributed by atoms with Crippen LogP contribution in [0.15, 0.2) is 24.3 Å². The molecule has 0 unspecified atom stereocenters. The van der Waals surface area contributed by atoms with E-state index >= 15 is 0 Å². The highest BCUT2D eigenvalue weighted by Crippen LogP contribution is 2.33. The predicted octanol–water partition coefficient (Wildman–Crippen LogP) is 3.48. The van der Waals surface area contributed by atoms with E-state index < -0.39 is 0 Å². The summed E-state index contributed by atoms with van der Waals surface area (Å²) >= 11 is 0. The van der Waals surface area contributed by atoms with E-state index in [2.05, 4.69) is 48.6 Å². The summed E-state index contributed by atoms with van der Waals surface area (Å²) < 4.78 is 0. The van der Waals surface area contributed by atoms with Crippen molar-refractivity contribution in [3.63, 3.8) is 0 Å². The molecule has 0 bridgehead atoms. The lowest BCUT2D eigenvalue weighted by atomic mass is 10.1. The topological polar surface area (TPSA) is 28.2 Å². The normalized spacial score (nSPS) is 13.9. The van der Waals surface area contributed by atoms with Crippen molar-refractivity contribution in [3.05, 3.63) is 35.5 Å². The summed E-state index contributed by atoms with van der Waals surface area (Å²) in [5.74, 6) is 0. The molecule has 0 saturated carbocycles. The maximum Gasteiger partial charge on any atom is 0.0726 e. The van der Waals surface area contributed by atoms with Crippen LogP contribution in [0.1, 0.15) is 30.5 Å². The van der Waals surface area contributed by atoms with Crippen LogP contribution in [0.3, 0.4) is 0 Å². The van der Waals surface area contributed by atoms with Gasteiger partial charge in [-0.1, -0.05) is 18.2 Å². The molecule has 2 aromatic rings. The molecule has 0 fully saturated rings. The highest BCUT2D eigenvalue weighted by Gasteiger charge is 2.18. The predicted molar refractivity (Wildman–Crippen MR) is 90.0 cm³/mol. The van der Waals surface area contributed by atoms with E-state index in [9.17, 15) is 0 Å². The number of para-hydroxylation sites is 1. The highest BCUT2D eigenvalue weighted by atomic mass is 15.0. The number of nitrogens with zero attached hydrogens (tertiary/aromatic N) is 2. The first kappa shape index (κ1) is 14.3. The van der Waals surface area contributed by atoms with E-state index in [4.69, 9.17) is 4.98 Å². The quantitative estimate of drug-likeness (QED) is 0.823. The van der Waals surface area contributed by atoms with Crippen molar-refractivity contribution in [3.8, 4) is 0 Å². The number of hydrogen-bond acceptors (Lipinski definition) is 3. The van der Waals surface area contributed by atoms with Gasteiger partial charge < -0.3 is 10.2 Å². The molecular weight excluding hydrogens is 258 g/mol. The number of hydrogen-bond donors (Lipinski definition) is 1. The van der Waals surface area contributed by atoms with E-state index in [1.807, 2.05) is 0 Å². The van der Waals surface area contributed by atoms with Gasteiger partial charge in [0, 0.05) is 23.3 Å². The molecule has 3 nitrogen and oxygen atoms in total. The summed E-state index contributed by atoms with van der Waals surface area (Å²) in [5, 5.41) is 4.99. The molecule has 0 spiro atoms. The van der Waals surface area contributed by atoms with Gasteiger partial charge in [0.05, 0.1) is 5.52 Å². The Bertz CT molecular complexity index is 619. The minimum atomic E-state index is 1.05. The summed E-state index contributed by atoms with van der Waals surface area (Å²) in [6, 6.07) is 8.52. The van der Waals surface area contributed by atoms with Crippen molar-refractivity contribution in [2.24, 2.45) is 0 Å². The van der Waals surface area contributed by atoms with E-state index in [1.165, 1.54) is 48.0 Å². The Morgan fingerprint density at radius 3 is 2.86 bits per heavy atom. The van der Waals surface area contributed by atoms with Gasteiger partial charge in [0.2, 0.25) is 0 Å². The fraction of sp³-hybridized carbons (Fsp3) is 0.500. The molecule has 1 aliphatic rings. The minimum Gasteiger partial charge on any atom is -0.384 e. The van der Waals surface area contributed by atoms with Gasteiger partial charge in [0.15, 0.2) is 0 Å². The Balaban J connectivity index is 1.77. The number of rotatable bonds is 6.